The van der Waals surface area contributed by atoms with E-state index in [1.807, 2.05) is 11.9 Å². The van der Waals surface area contributed by atoms with Gasteiger partial charge in [-0.15, -0.1) is 0 Å². The smallest absolute Gasteiger partial charge is 0.310 e. The van der Waals surface area contributed by atoms with E-state index in [0.29, 0.717) is 13.2 Å². The molecule has 0 spiro atoms. The molecule has 2 unspecified atom stereocenters. The highest BCUT2D eigenvalue weighted by atomic mass is 35.5. The Morgan fingerprint density at radius 2 is 2.32 bits per heavy atom. The van der Waals surface area contributed by atoms with Crippen molar-refractivity contribution in [3.05, 3.63) is 34.6 Å². The predicted molar refractivity (Wildman–Crippen MR) is 68.6 cm³/mol. The molecule has 19 heavy (non-hydrogen) atoms. The fraction of sp³-hybridized carbons (Fsp3) is 0.462. The molecule has 104 valence electrons. The maximum absolute atomic E-state index is 13.3. The van der Waals surface area contributed by atoms with E-state index in [-0.39, 0.29) is 17.7 Å². The zero-order valence-corrected chi connectivity index (χ0v) is 11.2. The summed E-state index contributed by atoms with van der Waals surface area (Å²) in [6, 6.07) is 4.40. The largest absolute Gasteiger partial charge is 0.481 e. The van der Waals surface area contributed by atoms with Crippen LogP contribution in [0.25, 0.3) is 0 Å². The van der Waals surface area contributed by atoms with Crippen LogP contribution in [-0.4, -0.2) is 42.3 Å². The zero-order chi connectivity index (χ0) is 14.0. The minimum atomic E-state index is -0.864. The number of carboxylic acids is 1. The molecule has 0 saturated carbocycles. The molecule has 0 amide bonds. The molecule has 0 radical (unpaired) electrons. The molecule has 4 nitrogen and oxygen atoms in total. The van der Waals surface area contributed by atoms with E-state index in [9.17, 15) is 9.18 Å². The molecule has 1 heterocycles. The number of carboxylic acid groups (broad SMARTS) is 1. The maximum atomic E-state index is 13.3. The normalized spacial score (nSPS) is 22.9. The van der Waals surface area contributed by atoms with Crippen LogP contribution in [0, 0.1) is 11.7 Å². The number of hydrogen-bond donors (Lipinski definition) is 1. The van der Waals surface area contributed by atoms with Gasteiger partial charge in [-0.25, -0.2) is 4.39 Å². The molecule has 1 N–H and O–H groups in total. The number of rotatable bonds is 4. The zero-order valence-electron chi connectivity index (χ0n) is 10.5. The van der Waals surface area contributed by atoms with Crippen LogP contribution in [0.15, 0.2) is 18.2 Å². The van der Waals surface area contributed by atoms with E-state index in [1.54, 1.807) is 6.07 Å². The van der Waals surface area contributed by atoms with Gasteiger partial charge < -0.3 is 9.84 Å². The number of aliphatic carboxylic acids is 1. The van der Waals surface area contributed by atoms with Crippen LogP contribution in [0.4, 0.5) is 4.39 Å². The Balaban J connectivity index is 2.05. The second kappa shape index (κ2) is 5.86. The van der Waals surface area contributed by atoms with Gasteiger partial charge in [0.1, 0.15) is 5.82 Å². The molecule has 1 aliphatic heterocycles. The first kappa shape index (κ1) is 14.2. The van der Waals surface area contributed by atoms with Crippen molar-refractivity contribution in [1.29, 1.82) is 0 Å². The maximum Gasteiger partial charge on any atom is 0.310 e. The van der Waals surface area contributed by atoms with Gasteiger partial charge in [0, 0.05) is 12.6 Å². The summed E-state index contributed by atoms with van der Waals surface area (Å²) >= 11 is 5.62. The van der Waals surface area contributed by atoms with Crippen molar-refractivity contribution < 1.29 is 19.0 Å². The van der Waals surface area contributed by atoms with E-state index in [2.05, 4.69) is 0 Å². The van der Waals surface area contributed by atoms with Crippen LogP contribution in [0.2, 0.25) is 5.02 Å². The van der Waals surface area contributed by atoms with Gasteiger partial charge in [0.2, 0.25) is 0 Å². The summed E-state index contributed by atoms with van der Waals surface area (Å²) in [5.74, 6) is -1.87. The van der Waals surface area contributed by atoms with Gasteiger partial charge in [-0.05, 0) is 24.7 Å². The summed E-state index contributed by atoms with van der Waals surface area (Å²) in [5.41, 5.74) is 0.750. The van der Waals surface area contributed by atoms with Gasteiger partial charge in [-0.1, -0.05) is 17.7 Å². The summed E-state index contributed by atoms with van der Waals surface area (Å²) < 4.78 is 18.6. The first-order valence-corrected chi connectivity index (χ1v) is 6.31. The monoisotopic (exact) mass is 287 g/mol. The van der Waals surface area contributed by atoms with E-state index in [0.717, 1.165) is 5.56 Å². The molecule has 1 fully saturated rings. The summed E-state index contributed by atoms with van der Waals surface area (Å²) in [5, 5.41) is 9.18. The lowest BCUT2D eigenvalue weighted by molar-refractivity contribution is -0.143. The first-order valence-electron chi connectivity index (χ1n) is 5.93. The standard InChI is InChI=1S/C13H15ClFNO3/c1-16(12-7-19-6-9(12)13(17)18)5-8-2-3-10(14)11(15)4-8/h2-4,9,12H,5-7H2,1H3,(H,17,18). The molecular formula is C13H15ClFNO3. The van der Waals surface area contributed by atoms with E-state index < -0.39 is 17.7 Å². The number of nitrogens with zero attached hydrogens (tertiary/aromatic N) is 1. The molecule has 1 aliphatic rings. The Hall–Kier alpha value is -1.17. The highest BCUT2D eigenvalue weighted by Gasteiger charge is 2.36. The Morgan fingerprint density at radius 3 is 2.95 bits per heavy atom. The van der Waals surface area contributed by atoms with Crippen molar-refractivity contribution in [1.82, 2.24) is 4.90 Å². The van der Waals surface area contributed by atoms with Gasteiger partial charge in [-0.2, -0.15) is 0 Å². The second-order valence-corrected chi connectivity index (χ2v) is 5.12. The Morgan fingerprint density at radius 1 is 1.58 bits per heavy atom. The molecule has 1 saturated heterocycles. The van der Waals surface area contributed by atoms with Crippen LogP contribution in [0.1, 0.15) is 5.56 Å². The lowest BCUT2D eigenvalue weighted by Crippen LogP contribution is -2.40. The molecule has 6 heteroatoms. The Kier molecular flexibility index (Phi) is 4.39. The van der Waals surface area contributed by atoms with Gasteiger partial charge in [-0.3, -0.25) is 9.69 Å². The Labute approximate surface area is 115 Å². The molecule has 1 aromatic carbocycles. The predicted octanol–water partition coefficient (Wildman–Crippen LogP) is 2.01. The van der Waals surface area contributed by atoms with Crippen molar-refractivity contribution in [3.8, 4) is 0 Å². The number of hydrogen-bond acceptors (Lipinski definition) is 3. The van der Waals surface area contributed by atoms with Crippen molar-refractivity contribution in [2.24, 2.45) is 5.92 Å². The quantitative estimate of drug-likeness (QED) is 0.920. The summed E-state index contributed by atoms with van der Waals surface area (Å²) in [6.07, 6.45) is 0. The lowest BCUT2D eigenvalue weighted by atomic mass is 10.0. The molecule has 2 atom stereocenters. The topological polar surface area (TPSA) is 49.8 Å². The minimum absolute atomic E-state index is 0.0824. The van der Waals surface area contributed by atoms with Crippen molar-refractivity contribution in [3.63, 3.8) is 0 Å². The fourth-order valence-corrected chi connectivity index (χ4v) is 2.37. The number of halogens is 2. The van der Waals surface area contributed by atoms with Gasteiger partial charge >= 0.3 is 5.97 Å². The molecule has 2 rings (SSSR count). The summed E-state index contributed by atoms with van der Waals surface area (Å²) in [4.78, 5) is 13.0. The van der Waals surface area contributed by atoms with Crippen molar-refractivity contribution in [2.45, 2.75) is 12.6 Å². The molecule has 0 bridgehead atoms. The van der Waals surface area contributed by atoms with Crippen molar-refractivity contribution >= 4 is 17.6 Å². The van der Waals surface area contributed by atoms with E-state index >= 15 is 0 Å². The number of carbonyl (C=O) groups is 1. The van der Waals surface area contributed by atoms with Crippen LogP contribution < -0.4 is 0 Å². The fourth-order valence-electron chi connectivity index (χ4n) is 2.26. The average Bonchev–Trinajstić information content (AvgIpc) is 2.83. The SMILES string of the molecule is CN(Cc1ccc(Cl)c(F)c1)C1COCC1C(=O)O. The van der Waals surface area contributed by atoms with Crippen molar-refractivity contribution in [2.75, 3.05) is 20.3 Å². The third-order valence-corrected chi connectivity index (χ3v) is 3.66. The van der Waals surface area contributed by atoms with Crippen LogP contribution in [0.5, 0.6) is 0 Å². The summed E-state index contributed by atoms with van der Waals surface area (Å²) in [6.45, 7) is 1.05. The highest BCUT2D eigenvalue weighted by molar-refractivity contribution is 6.30. The van der Waals surface area contributed by atoms with Gasteiger partial charge in [0.05, 0.1) is 24.2 Å². The number of benzene rings is 1. The average molecular weight is 288 g/mol. The van der Waals surface area contributed by atoms with Gasteiger partial charge in [0.15, 0.2) is 0 Å². The summed E-state index contributed by atoms with van der Waals surface area (Å²) in [7, 11) is 1.81. The molecule has 1 aromatic rings. The first-order chi connectivity index (χ1) is 8.99. The molecular weight excluding hydrogens is 273 g/mol. The number of ether oxygens (including phenoxy) is 1. The van der Waals surface area contributed by atoms with Crippen LogP contribution in [0.3, 0.4) is 0 Å². The minimum Gasteiger partial charge on any atom is -0.481 e. The second-order valence-electron chi connectivity index (χ2n) is 4.71. The van der Waals surface area contributed by atoms with Crippen LogP contribution >= 0.6 is 11.6 Å². The third kappa shape index (κ3) is 3.23. The molecule has 0 aliphatic carbocycles. The highest BCUT2D eigenvalue weighted by Crippen LogP contribution is 2.22. The van der Waals surface area contributed by atoms with E-state index in [4.69, 9.17) is 21.4 Å². The lowest BCUT2D eigenvalue weighted by Gasteiger charge is -2.26. The number of likely N-dealkylation sites (N-methyl/N-ethyl adjacent to an activating group) is 1. The van der Waals surface area contributed by atoms with Gasteiger partial charge in [0.25, 0.3) is 0 Å². The molecule has 0 aromatic heterocycles. The van der Waals surface area contributed by atoms with E-state index in [1.165, 1.54) is 12.1 Å². The van der Waals surface area contributed by atoms with Crippen LogP contribution in [-0.2, 0) is 16.1 Å². The Bertz CT molecular complexity index is 483. The third-order valence-electron chi connectivity index (χ3n) is 3.35.